The van der Waals surface area contributed by atoms with E-state index in [0.29, 0.717) is 17.0 Å². The summed E-state index contributed by atoms with van der Waals surface area (Å²) in [6, 6.07) is 13.5. The number of ether oxygens (including phenoxy) is 1. The summed E-state index contributed by atoms with van der Waals surface area (Å²) in [7, 11) is 0. The zero-order chi connectivity index (χ0) is 18.2. The summed E-state index contributed by atoms with van der Waals surface area (Å²) in [6.07, 6.45) is 4.53. The smallest absolute Gasteiger partial charge is 0.268 e. The topological polar surface area (TPSA) is 72.8 Å². The van der Waals surface area contributed by atoms with Gasteiger partial charge in [0.25, 0.3) is 5.56 Å². The van der Waals surface area contributed by atoms with Crippen LogP contribution < -0.4 is 5.56 Å². The summed E-state index contributed by atoms with van der Waals surface area (Å²) in [5.41, 5.74) is 3.00. The first-order valence-corrected chi connectivity index (χ1v) is 9.33. The largest absolute Gasteiger partial charge is 0.381 e. The molecular formula is C21H20N4O2. The van der Waals surface area contributed by atoms with Crippen molar-refractivity contribution >= 4 is 21.9 Å². The van der Waals surface area contributed by atoms with E-state index < -0.39 is 0 Å². The van der Waals surface area contributed by atoms with Crippen LogP contribution in [0.3, 0.4) is 0 Å². The first-order valence-electron chi connectivity index (χ1n) is 9.33. The van der Waals surface area contributed by atoms with Gasteiger partial charge in [0.15, 0.2) is 0 Å². The highest BCUT2D eigenvalue weighted by atomic mass is 16.5. The number of fused-ring (bicyclic) bond motifs is 3. The van der Waals surface area contributed by atoms with Gasteiger partial charge >= 0.3 is 0 Å². The normalized spacial score (nSPS) is 15.6. The summed E-state index contributed by atoms with van der Waals surface area (Å²) < 4.78 is 7.16. The monoisotopic (exact) mass is 360 g/mol. The molecule has 3 aromatic heterocycles. The quantitative estimate of drug-likeness (QED) is 0.609. The lowest BCUT2D eigenvalue weighted by molar-refractivity contribution is 0.0663. The maximum Gasteiger partial charge on any atom is 0.268 e. The molecule has 0 atom stereocenters. The van der Waals surface area contributed by atoms with Crippen LogP contribution in [0.4, 0.5) is 0 Å². The Hall–Kier alpha value is -2.99. The van der Waals surface area contributed by atoms with Crippen LogP contribution in [0.25, 0.3) is 27.6 Å². The molecule has 1 saturated heterocycles. The lowest BCUT2D eigenvalue weighted by atomic mass is 9.94. The van der Waals surface area contributed by atoms with E-state index in [1.807, 2.05) is 42.5 Å². The Morgan fingerprint density at radius 1 is 1.11 bits per heavy atom. The Morgan fingerprint density at radius 2 is 1.93 bits per heavy atom. The number of benzene rings is 1. The molecule has 0 spiro atoms. The van der Waals surface area contributed by atoms with E-state index in [4.69, 9.17) is 4.74 Å². The zero-order valence-corrected chi connectivity index (χ0v) is 14.9. The SMILES string of the molecule is O=c1c2c(CC3CCOCC3)n[nH]c2c2cccnc2n1-c1ccccc1. The summed E-state index contributed by atoms with van der Waals surface area (Å²) in [5.74, 6) is 0.499. The predicted molar refractivity (Wildman–Crippen MR) is 104 cm³/mol. The average molecular weight is 360 g/mol. The van der Waals surface area contributed by atoms with Crippen LogP contribution >= 0.6 is 0 Å². The molecule has 4 aromatic rings. The summed E-state index contributed by atoms with van der Waals surface area (Å²) in [5, 5.41) is 9.21. The third kappa shape index (κ3) is 2.73. The Labute approximate surface area is 155 Å². The van der Waals surface area contributed by atoms with Gasteiger partial charge in [0.1, 0.15) is 5.65 Å². The van der Waals surface area contributed by atoms with Gasteiger partial charge in [0, 0.05) is 24.8 Å². The number of pyridine rings is 2. The van der Waals surface area contributed by atoms with E-state index in [0.717, 1.165) is 54.8 Å². The van der Waals surface area contributed by atoms with Crippen LogP contribution in [0.5, 0.6) is 0 Å². The minimum absolute atomic E-state index is 0.0711. The van der Waals surface area contributed by atoms with Crippen LogP contribution in [-0.2, 0) is 11.2 Å². The molecule has 1 N–H and O–H groups in total. The zero-order valence-electron chi connectivity index (χ0n) is 14.9. The fourth-order valence-electron chi connectivity index (χ4n) is 3.97. The summed E-state index contributed by atoms with van der Waals surface area (Å²) in [6.45, 7) is 1.57. The minimum atomic E-state index is -0.0711. The van der Waals surface area contributed by atoms with Crippen molar-refractivity contribution in [3.8, 4) is 5.69 Å². The molecule has 1 fully saturated rings. The van der Waals surface area contributed by atoms with Crippen molar-refractivity contribution in [2.24, 2.45) is 5.92 Å². The first kappa shape index (κ1) is 16.2. The fraction of sp³-hybridized carbons (Fsp3) is 0.286. The molecule has 6 nitrogen and oxygen atoms in total. The molecule has 1 aliphatic rings. The van der Waals surface area contributed by atoms with Gasteiger partial charge in [-0.05, 0) is 49.4 Å². The number of hydrogen-bond donors (Lipinski definition) is 1. The van der Waals surface area contributed by atoms with Gasteiger partial charge in [-0.15, -0.1) is 0 Å². The van der Waals surface area contributed by atoms with Crippen LogP contribution in [0.15, 0.2) is 53.5 Å². The van der Waals surface area contributed by atoms with Crippen molar-refractivity contribution in [2.75, 3.05) is 13.2 Å². The molecule has 136 valence electrons. The van der Waals surface area contributed by atoms with Gasteiger partial charge in [0.2, 0.25) is 0 Å². The van der Waals surface area contributed by atoms with Crippen molar-refractivity contribution in [2.45, 2.75) is 19.3 Å². The highest BCUT2D eigenvalue weighted by Crippen LogP contribution is 2.27. The third-order valence-corrected chi connectivity index (χ3v) is 5.36. The molecule has 27 heavy (non-hydrogen) atoms. The highest BCUT2D eigenvalue weighted by molar-refractivity contribution is 6.03. The second kappa shape index (κ2) is 6.63. The number of para-hydroxylation sites is 1. The number of aromatic amines is 1. The maximum atomic E-state index is 13.5. The standard InChI is InChI=1S/C21H20N4O2/c26-21-18-17(13-14-8-11-27-12-9-14)23-24-19(18)16-7-4-10-22-20(16)25(21)15-5-2-1-3-6-15/h1-7,10,14H,8-9,11-13H2,(H,23,24). The lowest BCUT2D eigenvalue weighted by Crippen LogP contribution is -2.22. The van der Waals surface area contributed by atoms with Gasteiger partial charge in [-0.1, -0.05) is 18.2 Å². The van der Waals surface area contributed by atoms with Crippen LogP contribution in [0.1, 0.15) is 18.5 Å². The number of nitrogens with one attached hydrogen (secondary N) is 1. The molecule has 0 aliphatic carbocycles. The second-order valence-electron chi connectivity index (χ2n) is 7.03. The average Bonchev–Trinajstić information content (AvgIpc) is 3.14. The molecule has 6 heteroatoms. The molecule has 0 amide bonds. The Morgan fingerprint density at radius 3 is 2.74 bits per heavy atom. The van der Waals surface area contributed by atoms with E-state index in [2.05, 4.69) is 15.2 Å². The molecule has 4 heterocycles. The van der Waals surface area contributed by atoms with Crippen LogP contribution in [0.2, 0.25) is 0 Å². The molecule has 0 unspecified atom stereocenters. The molecule has 5 rings (SSSR count). The van der Waals surface area contributed by atoms with Gasteiger partial charge in [0.05, 0.1) is 22.3 Å². The number of aromatic nitrogens is 4. The van der Waals surface area contributed by atoms with E-state index >= 15 is 0 Å². The number of nitrogens with zero attached hydrogens (tertiary/aromatic N) is 3. The Bertz CT molecular complexity index is 1160. The van der Waals surface area contributed by atoms with E-state index in [9.17, 15) is 4.79 Å². The van der Waals surface area contributed by atoms with Crippen molar-refractivity contribution in [1.82, 2.24) is 19.7 Å². The van der Waals surface area contributed by atoms with E-state index in [-0.39, 0.29) is 5.56 Å². The van der Waals surface area contributed by atoms with Crippen molar-refractivity contribution < 1.29 is 4.74 Å². The third-order valence-electron chi connectivity index (χ3n) is 5.36. The number of hydrogen-bond acceptors (Lipinski definition) is 4. The minimum Gasteiger partial charge on any atom is -0.381 e. The Kier molecular flexibility index (Phi) is 3.98. The van der Waals surface area contributed by atoms with Crippen molar-refractivity contribution in [3.63, 3.8) is 0 Å². The van der Waals surface area contributed by atoms with Gasteiger partial charge < -0.3 is 4.74 Å². The van der Waals surface area contributed by atoms with E-state index in [1.54, 1.807) is 10.8 Å². The highest BCUT2D eigenvalue weighted by Gasteiger charge is 2.22. The lowest BCUT2D eigenvalue weighted by Gasteiger charge is -2.21. The molecular weight excluding hydrogens is 340 g/mol. The molecule has 0 saturated carbocycles. The van der Waals surface area contributed by atoms with Crippen LogP contribution in [0, 0.1) is 5.92 Å². The predicted octanol–water partition coefficient (Wildman–Crippen LogP) is 3.23. The molecule has 0 radical (unpaired) electrons. The number of H-pyrrole nitrogens is 1. The van der Waals surface area contributed by atoms with E-state index in [1.165, 1.54) is 0 Å². The van der Waals surface area contributed by atoms with Gasteiger partial charge in [-0.3, -0.25) is 14.5 Å². The second-order valence-corrected chi connectivity index (χ2v) is 7.03. The fourth-order valence-corrected chi connectivity index (χ4v) is 3.97. The molecule has 1 aliphatic heterocycles. The molecule has 1 aromatic carbocycles. The summed E-state index contributed by atoms with van der Waals surface area (Å²) in [4.78, 5) is 18.0. The van der Waals surface area contributed by atoms with Crippen LogP contribution in [-0.4, -0.2) is 33.0 Å². The maximum absolute atomic E-state index is 13.5. The van der Waals surface area contributed by atoms with Crippen molar-refractivity contribution in [3.05, 3.63) is 64.7 Å². The van der Waals surface area contributed by atoms with Gasteiger partial charge in [-0.2, -0.15) is 5.10 Å². The van der Waals surface area contributed by atoms with Crippen molar-refractivity contribution in [1.29, 1.82) is 0 Å². The van der Waals surface area contributed by atoms with Gasteiger partial charge in [-0.25, -0.2) is 4.98 Å². The Balaban J connectivity index is 1.76. The number of rotatable bonds is 3. The summed E-state index contributed by atoms with van der Waals surface area (Å²) >= 11 is 0. The molecule has 0 bridgehead atoms. The first-order chi connectivity index (χ1) is 13.3.